The van der Waals surface area contributed by atoms with Gasteiger partial charge in [-0.1, -0.05) is 6.92 Å². The Hall–Kier alpha value is -1.18. The fourth-order valence-electron chi connectivity index (χ4n) is 1.10. The Kier molecular flexibility index (Phi) is 2.97. The van der Waals surface area contributed by atoms with E-state index in [-0.39, 0.29) is 5.78 Å². The lowest BCUT2D eigenvalue weighted by molar-refractivity contribution is -0.116. The van der Waals surface area contributed by atoms with Gasteiger partial charge in [-0.3, -0.25) is 9.78 Å². The van der Waals surface area contributed by atoms with E-state index in [1.165, 1.54) is 5.56 Å². The zero-order valence-corrected chi connectivity index (χ0v) is 7.50. The van der Waals surface area contributed by atoms with Crippen molar-refractivity contribution in [2.75, 3.05) is 0 Å². The van der Waals surface area contributed by atoms with E-state index in [9.17, 15) is 4.79 Å². The Morgan fingerprint density at radius 1 is 1.58 bits per heavy atom. The van der Waals surface area contributed by atoms with Gasteiger partial charge in [-0.2, -0.15) is 0 Å². The van der Waals surface area contributed by atoms with Crippen LogP contribution in [0.5, 0.6) is 0 Å². The third-order valence-corrected chi connectivity index (χ3v) is 1.72. The van der Waals surface area contributed by atoms with Crippen LogP contribution in [0.2, 0.25) is 0 Å². The number of carbonyl (C=O) groups is 1. The molecule has 1 heterocycles. The smallest absolute Gasteiger partial charge is 0.135 e. The number of rotatable bonds is 3. The molecule has 0 saturated carbocycles. The first-order valence-electron chi connectivity index (χ1n) is 4.15. The molecule has 0 bridgehead atoms. The van der Waals surface area contributed by atoms with Gasteiger partial charge in [-0.05, 0) is 31.0 Å². The first-order valence-corrected chi connectivity index (χ1v) is 4.15. The highest BCUT2D eigenvalue weighted by Gasteiger charge is 1.98. The summed E-state index contributed by atoms with van der Waals surface area (Å²) in [6.45, 7) is 3.67. The average molecular weight is 163 g/mol. The van der Waals surface area contributed by atoms with Crippen LogP contribution >= 0.6 is 0 Å². The second-order valence-electron chi connectivity index (χ2n) is 2.89. The number of aromatic nitrogens is 1. The van der Waals surface area contributed by atoms with Crippen molar-refractivity contribution in [2.24, 2.45) is 0 Å². The maximum absolute atomic E-state index is 10.8. The van der Waals surface area contributed by atoms with Crippen LogP contribution in [0.15, 0.2) is 18.3 Å². The van der Waals surface area contributed by atoms with E-state index in [1.54, 1.807) is 13.1 Å². The van der Waals surface area contributed by atoms with Gasteiger partial charge in [0.25, 0.3) is 0 Å². The molecule has 0 saturated heterocycles. The molecule has 0 aromatic carbocycles. The lowest BCUT2D eigenvalue weighted by Crippen LogP contribution is -1.99. The molecule has 0 aliphatic carbocycles. The van der Waals surface area contributed by atoms with Gasteiger partial charge in [-0.15, -0.1) is 0 Å². The molecule has 0 radical (unpaired) electrons. The third-order valence-electron chi connectivity index (χ3n) is 1.72. The minimum absolute atomic E-state index is 0.163. The first kappa shape index (κ1) is 8.91. The Balaban J connectivity index is 2.79. The summed E-state index contributed by atoms with van der Waals surface area (Å²) >= 11 is 0. The highest BCUT2D eigenvalue weighted by molar-refractivity contribution is 5.77. The Bertz CT molecular complexity index is 281. The number of pyridine rings is 1. The minimum Gasteiger partial charge on any atom is -0.300 e. The van der Waals surface area contributed by atoms with Gasteiger partial charge in [0.05, 0.1) is 0 Å². The minimum atomic E-state index is 0.163. The van der Waals surface area contributed by atoms with Crippen molar-refractivity contribution < 1.29 is 4.79 Å². The van der Waals surface area contributed by atoms with Gasteiger partial charge >= 0.3 is 0 Å². The third kappa shape index (κ3) is 2.46. The number of hydrogen-bond acceptors (Lipinski definition) is 2. The van der Waals surface area contributed by atoms with Crippen LogP contribution in [-0.4, -0.2) is 10.8 Å². The van der Waals surface area contributed by atoms with E-state index >= 15 is 0 Å². The molecule has 0 spiro atoms. The average Bonchev–Trinajstić information content (AvgIpc) is 2.03. The molecule has 64 valence electrons. The highest BCUT2D eigenvalue weighted by atomic mass is 16.1. The molecule has 0 N–H and O–H groups in total. The summed E-state index contributed by atoms with van der Waals surface area (Å²) in [5.41, 5.74) is 2.11. The fourth-order valence-corrected chi connectivity index (χ4v) is 1.10. The van der Waals surface area contributed by atoms with Gasteiger partial charge < -0.3 is 0 Å². The van der Waals surface area contributed by atoms with Crippen molar-refractivity contribution in [1.82, 2.24) is 4.98 Å². The zero-order valence-electron chi connectivity index (χ0n) is 7.50. The van der Waals surface area contributed by atoms with Crippen molar-refractivity contribution in [2.45, 2.75) is 26.7 Å². The van der Waals surface area contributed by atoms with E-state index in [1.807, 2.05) is 12.1 Å². The zero-order chi connectivity index (χ0) is 8.97. The second kappa shape index (κ2) is 4.00. The molecule has 2 nitrogen and oxygen atoms in total. The molecule has 0 aliphatic heterocycles. The van der Waals surface area contributed by atoms with Crippen molar-refractivity contribution in [1.29, 1.82) is 0 Å². The van der Waals surface area contributed by atoms with Crippen molar-refractivity contribution in [3.8, 4) is 0 Å². The number of ketones is 1. The molecular weight excluding hydrogens is 150 g/mol. The van der Waals surface area contributed by atoms with Gasteiger partial charge in [0.1, 0.15) is 5.78 Å². The molecule has 1 aromatic rings. The van der Waals surface area contributed by atoms with Crippen LogP contribution in [0.1, 0.15) is 25.1 Å². The van der Waals surface area contributed by atoms with Crippen molar-refractivity contribution in [3.05, 3.63) is 29.6 Å². The summed E-state index contributed by atoms with van der Waals surface area (Å²) in [5.74, 6) is 0.163. The highest BCUT2D eigenvalue weighted by Crippen LogP contribution is 2.03. The predicted octanol–water partition coefficient (Wildman–Crippen LogP) is 1.78. The summed E-state index contributed by atoms with van der Waals surface area (Å²) in [6.07, 6.45) is 3.21. The topological polar surface area (TPSA) is 30.0 Å². The lowest BCUT2D eigenvalue weighted by atomic mass is 10.1. The lowest BCUT2D eigenvalue weighted by Gasteiger charge is -1.99. The summed E-state index contributed by atoms with van der Waals surface area (Å²) in [6, 6.07) is 3.96. The summed E-state index contributed by atoms with van der Waals surface area (Å²) in [5, 5.41) is 0. The quantitative estimate of drug-likeness (QED) is 0.679. The Morgan fingerprint density at radius 3 is 2.92 bits per heavy atom. The predicted molar refractivity (Wildman–Crippen MR) is 48.0 cm³/mol. The molecule has 0 unspecified atom stereocenters. The van der Waals surface area contributed by atoms with Crippen LogP contribution in [-0.2, 0) is 17.6 Å². The van der Waals surface area contributed by atoms with Crippen LogP contribution in [0.25, 0.3) is 0 Å². The number of aryl methyl sites for hydroxylation is 1. The Morgan fingerprint density at radius 2 is 2.33 bits per heavy atom. The maximum atomic E-state index is 10.8. The molecule has 1 aromatic heterocycles. The standard InChI is InChI=1S/C10H13NO/c1-3-9-4-5-11-10(7-9)6-8(2)12/h4-5,7H,3,6H2,1-2H3. The van der Waals surface area contributed by atoms with Crippen molar-refractivity contribution in [3.63, 3.8) is 0 Å². The SMILES string of the molecule is CCc1ccnc(CC(C)=O)c1. The van der Waals surface area contributed by atoms with E-state index in [0.29, 0.717) is 6.42 Å². The van der Waals surface area contributed by atoms with Crippen LogP contribution < -0.4 is 0 Å². The number of nitrogens with zero attached hydrogens (tertiary/aromatic N) is 1. The Labute approximate surface area is 72.6 Å². The molecule has 0 amide bonds. The molecule has 2 heteroatoms. The molecule has 0 fully saturated rings. The van der Waals surface area contributed by atoms with Crippen LogP contribution in [0.3, 0.4) is 0 Å². The molecule has 1 rings (SSSR count). The normalized spacial score (nSPS) is 9.83. The van der Waals surface area contributed by atoms with Gasteiger partial charge in [0, 0.05) is 18.3 Å². The van der Waals surface area contributed by atoms with Gasteiger partial charge in [0.2, 0.25) is 0 Å². The molecular formula is C10H13NO. The monoisotopic (exact) mass is 163 g/mol. The van der Waals surface area contributed by atoms with E-state index in [2.05, 4.69) is 11.9 Å². The van der Waals surface area contributed by atoms with Crippen LogP contribution in [0.4, 0.5) is 0 Å². The van der Waals surface area contributed by atoms with Crippen LogP contribution in [0, 0.1) is 0 Å². The van der Waals surface area contributed by atoms with E-state index in [4.69, 9.17) is 0 Å². The maximum Gasteiger partial charge on any atom is 0.135 e. The van der Waals surface area contributed by atoms with Gasteiger partial charge in [0.15, 0.2) is 0 Å². The largest absolute Gasteiger partial charge is 0.300 e. The number of Topliss-reactive ketones (excluding diaryl/α,β-unsaturated/α-hetero) is 1. The number of hydrogen-bond donors (Lipinski definition) is 0. The first-order chi connectivity index (χ1) is 5.72. The molecule has 12 heavy (non-hydrogen) atoms. The molecule has 0 atom stereocenters. The summed E-state index contributed by atoms with van der Waals surface area (Å²) in [4.78, 5) is 14.9. The van der Waals surface area contributed by atoms with E-state index < -0.39 is 0 Å². The number of carbonyl (C=O) groups excluding carboxylic acids is 1. The summed E-state index contributed by atoms with van der Waals surface area (Å²) in [7, 11) is 0. The van der Waals surface area contributed by atoms with Crippen molar-refractivity contribution >= 4 is 5.78 Å². The van der Waals surface area contributed by atoms with E-state index in [0.717, 1.165) is 12.1 Å². The van der Waals surface area contributed by atoms with Gasteiger partial charge in [-0.25, -0.2) is 0 Å². The fraction of sp³-hybridized carbons (Fsp3) is 0.400. The summed E-state index contributed by atoms with van der Waals surface area (Å²) < 4.78 is 0. The molecule has 0 aliphatic rings. The second-order valence-corrected chi connectivity index (χ2v) is 2.89.